The molecule has 0 radical (unpaired) electrons. The van der Waals surface area contributed by atoms with Crippen molar-refractivity contribution < 1.29 is 9.90 Å². The van der Waals surface area contributed by atoms with Gasteiger partial charge in [-0.25, -0.2) is 4.68 Å². The zero-order chi connectivity index (χ0) is 12.5. The van der Waals surface area contributed by atoms with E-state index in [-0.39, 0.29) is 11.9 Å². The second-order valence-corrected chi connectivity index (χ2v) is 4.81. The summed E-state index contributed by atoms with van der Waals surface area (Å²) in [4.78, 5) is 12.0. The monoisotopic (exact) mass is 251 g/mol. The molecule has 2 fully saturated rings. The minimum Gasteiger partial charge on any atom is -0.392 e. The summed E-state index contributed by atoms with van der Waals surface area (Å²) in [6.45, 7) is 2.24. The molecule has 18 heavy (non-hydrogen) atoms. The lowest BCUT2D eigenvalue weighted by Gasteiger charge is -2.28. The van der Waals surface area contributed by atoms with Crippen LogP contribution in [0.3, 0.4) is 0 Å². The van der Waals surface area contributed by atoms with Crippen LogP contribution in [0.2, 0.25) is 0 Å². The molecule has 0 saturated carbocycles. The molecule has 2 saturated heterocycles. The molecule has 1 amide bonds. The van der Waals surface area contributed by atoms with Gasteiger partial charge in [-0.1, -0.05) is 0 Å². The number of nitrogens with one attached hydrogen (secondary N) is 3. The van der Waals surface area contributed by atoms with Crippen molar-refractivity contribution in [2.75, 3.05) is 25.0 Å². The standard InChI is InChI=1S/C11H17N5O2/c17-8-3-9(13-6-8)11(18)15-10-1-2-14-16(10)7-4-12-5-7/h1-2,7-9,12-13,17H,3-6H2,(H,15,18). The zero-order valence-electron chi connectivity index (χ0n) is 9.97. The summed E-state index contributed by atoms with van der Waals surface area (Å²) >= 11 is 0. The summed E-state index contributed by atoms with van der Waals surface area (Å²) in [5.74, 6) is 0.607. The van der Waals surface area contributed by atoms with Gasteiger partial charge < -0.3 is 21.1 Å². The molecule has 7 heteroatoms. The van der Waals surface area contributed by atoms with E-state index in [0.717, 1.165) is 18.9 Å². The van der Waals surface area contributed by atoms with E-state index in [0.29, 0.717) is 19.0 Å². The molecule has 0 aromatic carbocycles. The van der Waals surface area contributed by atoms with E-state index in [1.807, 2.05) is 4.68 Å². The highest BCUT2D eigenvalue weighted by Gasteiger charge is 2.29. The number of carbonyl (C=O) groups excluding carboxylic acids is 1. The van der Waals surface area contributed by atoms with Gasteiger partial charge in [-0.15, -0.1) is 0 Å². The molecular weight excluding hydrogens is 234 g/mol. The Bertz CT molecular complexity index is 442. The SMILES string of the molecule is O=C(Nc1ccnn1C1CNC1)C1CC(O)CN1. The largest absolute Gasteiger partial charge is 0.392 e. The van der Waals surface area contributed by atoms with Crippen molar-refractivity contribution in [1.29, 1.82) is 0 Å². The van der Waals surface area contributed by atoms with Crippen LogP contribution >= 0.6 is 0 Å². The van der Waals surface area contributed by atoms with Gasteiger partial charge in [-0.3, -0.25) is 4.79 Å². The lowest BCUT2D eigenvalue weighted by Crippen LogP contribution is -2.44. The Kier molecular flexibility index (Phi) is 3.02. The molecule has 2 aliphatic rings. The van der Waals surface area contributed by atoms with Crippen LogP contribution in [0, 0.1) is 0 Å². The molecule has 3 heterocycles. The fourth-order valence-electron chi connectivity index (χ4n) is 2.28. The lowest BCUT2D eigenvalue weighted by atomic mass is 10.2. The first-order valence-corrected chi connectivity index (χ1v) is 6.20. The summed E-state index contributed by atoms with van der Waals surface area (Å²) in [6.07, 6.45) is 1.72. The van der Waals surface area contributed by atoms with Gasteiger partial charge in [0.1, 0.15) is 5.82 Å². The van der Waals surface area contributed by atoms with Crippen LogP contribution < -0.4 is 16.0 Å². The summed E-state index contributed by atoms with van der Waals surface area (Å²) in [6, 6.07) is 1.79. The highest BCUT2D eigenvalue weighted by molar-refractivity contribution is 5.94. The molecule has 3 rings (SSSR count). The van der Waals surface area contributed by atoms with Crippen LogP contribution in [0.5, 0.6) is 0 Å². The van der Waals surface area contributed by atoms with Crippen LogP contribution in [0.1, 0.15) is 12.5 Å². The van der Waals surface area contributed by atoms with E-state index in [2.05, 4.69) is 21.0 Å². The summed E-state index contributed by atoms with van der Waals surface area (Å²) in [7, 11) is 0. The Morgan fingerprint density at radius 2 is 2.33 bits per heavy atom. The number of hydrogen-bond donors (Lipinski definition) is 4. The summed E-state index contributed by atoms with van der Waals surface area (Å²) in [5, 5.41) is 22.6. The predicted molar refractivity (Wildman–Crippen MR) is 65.2 cm³/mol. The lowest BCUT2D eigenvalue weighted by molar-refractivity contribution is -0.118. The van der Waals surface area contributed by atoms with Gasteiger partial charge in [0.05, 0.1) is 24.4 Å². The normalized spacial score (nSPS) is 28.1. The molecule has 2 aliphatic heterocycles. The smallest absolute Gasteiger partial charge is 0.242 e. The zero-order valence-corrected chi connectivity index (χ0v) is 9.97. The van der Waals surface area contributed by atoms with Crippen molar-refractivity contribution in [3.8, 4) is 0 Å². The Balaban J connectivity index is 1.65. The molecule has 0 bridgehead atoms. The highest BCUT2D eigenvalue weighted by Crippen LogP contribution is 2.18. The van der Waals surface area contributed by atoms with Crippen LogP contribution in [0.15, 0.2) is 12.3 Å². The highest BCUT2D eigenvalue weighted by atomic mass is 16.3. The average molecular weight is 251 g/mol. The first-order chi connectivity index (χ1) is 8.74. The fraction of sp³-hybridized carbons (Fsp3) is 0.636. The number of carbonyl (C=O) groups is 1. The second-order valence-electron chi connectivity index (χ2n) is 4.81. The number of hydrogen-bond acceptors (Lipinski definition) is 5. The van der Waals surface area contributed by atoms with E-state index in [9.17, 15) is 9.90 Å². The third-order valence-electron chi connectivity index (χ3n) is 3.45. The maximum atomic E-state index is 12.0. The molecule has 7 nitrogen and oxygen atoms in total. The van der Waals surface area contributed by atoms with Gasteiger partial charge >= 0.3 is 0 Å². The average Bonchev–Trinajstić information content (AvgIpc) is 2.86. The Labute approximate surface area is 105 Å². The van der Waals surface area contributed by atoms with E-state index >= 15 is 0 Å². The maximum Gasteiger partial charge on any atom is 0.242 e. The molecule has 0 aliphatic carbocycles. The minimum atomic E-state index is -0.429. The molecule has 1 aromatic rings. The molecule has 1 aromatic heterocycles. The summed E-state index contributed by atoms with van der Waals surface area (Å²) in [5.41, 5.74) is 0. The molecule has 4 N–H and O–H groups in total. The number of aliphatic hydroxyl groups is 1. The van der Waals surface area contributed by atoms with Crippen molar-refractivity contribution in [3.05, 3.63) is 12.3 Å². The molecule has 2 atom stereocenters. The third kappa shape index (κ3) is 2.12. The first-order valence-electron chi connectivity index (χ1n) is 6.20. The van der Waals surface area contributed by atoms with Crippen molar-refractivity contribution in [1.82, 2.24) is 20.4 Å². The van der Waals surface area contributed by atoms with E-state index < -0.39 is 6.10 Å². The van der Waals surface area contributed by atoms with Crippen molar-refractivity contribution in [3.63, 3.8) is 0 Å². The number of anilines is 1. The molecule has 98 valence electrons. The Morgan fingerprint density at radius 3 is 2.94 bits per heavy atom. The first kappa shape index (κ1) is 11.6. The van der Waals surface area contributed by atoms with Gasteiger partial charge in [-0.2, -0.15) is 5.10 Å². The maximum absolute atomic E-state index is 12.0. The number of aromatic nitrogens is 2. The van der Waals surface area contributed by atoms with Crippen molar-refractivity contribution >= 4 is 11.7 Å². The molecular formula is C11H17N5O2. The van der Waals surface area contributed by atoms with Crippen molar-refractivity contribution in [2.45, 2.75) is 24.6 Å². The molecule has 2 unspecified atom stereocenters. The van der Waals surface area contributed by atoms with Gasteiger partial charge in [0.25, 0.3) is 0 Å². The van der Waals surface area contributed by atoms with Crippen molar-refractivity contribution in [2.24, 2.45) is 0 Å². The molecule has 0 spiro atoms. The van der Waals surface area contributed by atoms with Crippen LogP contribution in [-0.4, -0.2) is 52.6 Å². The van der Waals surface area contributed by atoms with Gasteiger partial charge in [0.15, 0.2) is 0 Å². The van der Waals surface area contributed by atoms with Crippen LogP contribution in [0.4, 0.5) is 5.82 Å². The topological polar surface area (TPSA) is 91.2 Å². The number of nitrogens with zero attached hydrogens (tertiary/aromatic N) is 2. The summed E-state index contributed by atoms with van der Waals surface area (Å²) < 4.78 is 1.83. The van der Waals surface area contributed by atoms with Gasteiger partial charge in [0, 0.05) is 25.7 Å². The second kappa shape index (κ2) is 4.68. The number of aliphatic hydroxyl groups excluding tert-OH is 1. The number of rotatable bonds is 3. The Hall–Kier alpha value is -1.44. The van der Waals surface area contributed by atoms with E-state index in [1.165, 1.54) is 0 Å². The number of β-amino-alcohol motifs (C(OH)–C–C–N with tert-alkyl or cyclic N) is 1. The number of amides is 1. The van der Waals surface area contributed by atoms with Gasteiger partial charge in [0.2, 0.25) is 5.91 Å². The van der Waals surface area contributed by atoms with E-state index in [4.69, 9.17) is 0 Å². The van der Waals surface area contributed by atoms with Gasteiger partial charge in [-0.05, 0) is 6.42 Å². The van der Waals surface area contributed by atoms with E-state index in [1.54, 1.807) is 12.3 Å². The minimum absolute atomic E-state index is 0.111. The van der Waals surface area contributed by atoms with Crippen LogP contribution in [0.25, 0.3) is 0 Å². The third-order valence-corrected chi connectivity index (χ3v) is 3.45. The van der Waals surface area contributed by atoms with Crippen LogP contribution in [-0.2, 0) is 4.79 Å². The fourth-order valence-corrected chi connectivity index (χ4v) is 2.28. The quantitative estimate of drug-likeness (QED) is 0.535. The Morgan fingerprint density at radius 1 is 1.50 bits per heavy atom. The predicted octanol–water partition coefficient (Wildman–Crippen LogP) is -1.31.